The van der Waals surface area contributed by atoms with Crippen LogP contribution in [0, 0.1) is 0 Å². The van der Waals surface area contributed by atoms with E-state index in [1.54, 1.807) is 24.3 Å². The van der Waals surface area contributed by atoms with Gasteiger partial charge in [-0.25, -0.2) is 4.79 Å². The molecule has 0 spiro atoms. The number of allylic oxidation sites excluding steroid dienone is 1. The lowest BCUT2D eigenvalue weighted by molar-refractivity contribution is 0.0600. The van der Waals surface area contributed by atoms with Crippen molar-refractivity contribution in [1.82, 2.24) is 0 Å². The molecule has 1 heterocycles. The Bertz CT molecular complexity index is 804. The number of esters is 1. The number of hydrogen-bond donors (Lipinski definition) is 1. The Balaban J connectivity index is 1.98. The topological polar surface area (TPSA) is 72.8 Å². The predicted molar refractivity (Wildman–Crippen MR) is 78.8 cm³/mol. The highest BCUT2D eigenvalue weighted by Crippen LogP contribution is 2.33. The monoisotopic (exact) mass is 296 g/mol. The van der Waals surface area contributed by atoms with E-state index >= 15 is 0 Å². The van der Waals surface area contributed by atoms with Crippen LogP contribution in [-0.4, -0.2) is 24.0 Å². The van der Waals surface area contributed by atoms with Gasteiger partial charge in [0.2, 0.25) is 5.78 Å². The summed E-state index contributed by atoms with van der Waals surface area (Å²) < 4.78 is 10.1. The van der Waals surface area contributed by atoms with Crippen LogP contribution in [0.1, 0.15) is 26.3 Å². The van der Waals surface area contributed by atoms with E-state index in [9.17, 15) is 14.7 Å². The number of hydrogen-bond acceptors (Lipinski definition) is 5. The Kier molecular flexibility index (Phi) is 3.39. The van der Waals surface area contributed by atoms with Gasteiger partial charge in [0.1, 0.15) is 11.5 Å². The van der Waals surface area contributed by atoms with Gasteiger partial charge in [-0.05, 0) is 30.3 Å². The van der Waals surface area contributed by atoms with Gasteiger partial charge in [0.05, 0.1) is 18.2 Å². The van der Waals surface area contributed by atoms with Crippen LogP contribution in [-0.2, 0) is 4.74 Å². The van der Waals surface area contributed by atoms with Crippen molar-refractivity contribution in [3.05, 3.63) is 64.9 Å². The fourth-order valence-electron chi connectivity index (χ4n) is 2.18. The second-order valence-electron chi connectivity index (χ2n) is 4.70. The standard InChI is InChI=1S/C17H12O5/c1-21-17(20)11-6-7-14-12(8-11)16(19)15(22-14)9-10-4-2-3-5-13(10)18/h2-9,18H,1H3/b15-9+. The van der Waals surface area contributed by atoms with Crippen molar-refractivity contribution in [1.29, 1.82) is 0 Å². The van der Waals surface area contributed by atoms with Crippen LogP contribution >= 0.6 is 0 Å². The average molecular weight is 296 g/mol. The van der Waals surface area contributed by atoms with E-state index in [2.05, 4.69) is 4.74 Å². The summed E-state index contributed by atoms with van der Waals surface area (Å²) in [5.41, 5.74) is 1.05. The zero-order valence-electron chi connectivity index (χ0n) is 11.7. The van der Waals surface area contributed by atoms with Gasteiger partial charge in [-0.3, -0.25) is 4.79 Å². The molecule has 3 rings (SSSR count). The number of carbonyl (C=O) groups excluding carboxylic acids is 2. The molecule has 2 aromatic rings. The summed E-state index contributed by atoms with van der Waals surface area (Å²) in [4.78, 5) is 23.9. The maximum Gasteiger partial charge on any atom is 0.337 e. The largest absolute Gasteiger partial charge is 0.507 e. The summed E-state index contributed by atoms with van der Waals surface area (Å²) in [6, 6.07) is 11.1. The molecule has 0 aromatic heterocycles. The molecule has 0 radical (unpaired) electrons. The van der Waals surface area contributed by atoms with Crippen LogP contribution < -0.4 is 4.74 Å². The first-order valence-corrected chi connectivity index (χ1v) is 6.55. The number of Topliss-reactive ketones (excluding diaryl/α,β-unsaturated/α-hetero) is 1. The first-order valence-electron chi connectivity index (χ1n) is 6.55. The Hall–Kier alpha value is -3.08. The second-order valence-corrected chi connectivity index (χ2v) is 4.70. The fraction of sp³-hybridized carbons (Fsp3) is 0.0588. The lowest BCUT2D eigenvalue weighted by atomic mass is 10.1. The van der Waals surface area contributed by atoms with Crippen molar-refractivity contribution in [2.75, 3.05) is 7.11 Å². The highest BCUT2D eigenvalue weighted by atomic mass is 16.5. The van der Waals surface area contributed by atoms with Crippen molar-refractivity contribution in [3.8, 4) is 11.5 Å². The van der Waals surface area contributed by atoms with Crippen molar-refractivity contribution < 1.29 is 24.2 Å². The highest BCUT2D eigenvalue weighted by Gasteiger charge is 2.28. The van der Waals surface area contributed by atoms with Crippen LogP contribution in [0.2, 0.25) is 0 Å². The van der Waals surface area contributed by atoms with Crippen molar-refractivity contribution >= 4 is 17.8 Å². The summed E-state index contributed by atoms with van der Waals surface area (Å²) >= 11 is 0. The van der Waals surface area contributed by atoms with Crippen molar-refractivity contribution in [2.45, 2.75) is 0 Å². The van der Waals surface area contributed by atoms with Crippen LogP contribution in [0.15, 0.2) is 48.2 Å². The van der Waals surface area contributed by atoms with E-state index in [1.807, 2.05) is 0 Å². The van der Waals surface area contributed by atoms with Crippen LogP contribution in [0.5, 0.6) is 11.5 Å². The Morgan fingerprint density at radius 2 is 2.00 bits per heavy atom. The van der Waals surface area contributed by atoms with E-state index in [-0.39, 0.29) is 22.9 Å². The molecule has 5 heteroatoms. The van der Waals surface area contributed by atoms with Crippen LogP contribution in [0.3, 0.4) is 0 Å². The van der Waals surface area contributed by atoms with Crippen molar-refractivity contribution in [3.63, 3.8) is 0 Å². The molecular formula is C17H12O5. The summed E-state index contributed by atoms with van der Waals surface area (Å²) in [6.07, 6.45) is 1.47. The van der Waals surface area contributed by atoms with Crippen LogP contribution in [0.4, 0.5) is 0 Å². The summed E-state index contributed by atoms with van der Waals surface area (Å²) in [5.74, 6) is -0.340. The number of rotatable bonds is 2. The van der Waals surface area contributed by atoms with Gasteiger partial charge in [0.15, 0.2) is 5.76 Å². The first-order chi connectivity index (χ1) is 10.6. The third-order valence-corrected chi connectivity index (χ3v) is 3.31. The van der Waals surface area contributed by atoms with Crippen molar-refractivity contribution in [2.24, 2.45) is 0 Å². The molecule has 0 unspecified atom stereocenters. The number of benzene rings is 2. The Morgan fingerprint density at radius 1 is 1.23 bits per heavy atom. The molecule has 1 aliphatic heterocycles. The molecule has 0 atom stereocenters. The quantitative estimate of drug-likeness (QED) is 0.681. The number of carbonyl (C=O) groups is 2. The zero-order chi connectivity index (χ0) is 15.7. The number of phenolic OH excluding ortho intramolecular Hbond substituents is 1. The molecule has 0 fully saturated rings. The lowest BCUT2D eigenvalue weighted by Crippen LogP contribution is -2.02. The van der Waals surface area contributed by atoms with E-state index in [1.165, 1.54) is 31.4 Å². The number of ketones is 1. The van der Waals surface area contributed by atoms with Gasteiger partial charge < -0.3 is 14.6 Å². The SMILES string of the molecule is COC(=O)c1ccc2c(c1)C(=O)/C(=C\c1ccccc1O)O2. The number of aromatic hydroxyl groups is 1. The molecule has 0 saturated heterocycles. The van der Waals surface area contributed by atoms with Crippen LogP contribution in [0.25, 0.3) is 6.08 Å². The summed E-state index contributed by atoms with van der Waals surface area (Å²) in [7, 11) is 1.28. The fourth-order valence-corrected chi connectivity index (χ4v) is 2.18. The summed E-state index contributed by atoms with van der Waals surface area (Å²) in [6.45, 7) is 0. The smallest absolute Gasteiger partial charge is 0.337 e. The molecule has 1 N–H and O–H groups in total. The number of fused-ring (bicyclic) bond motifs is 1. The Morgan fingerprint density at radius 3 is 2.73 bits per heavy atom. The van der Waals surface area contributed by atoms with Gasteiger partial charge in [-0.2, -0.15) is 0 Å². The van der Waals surface area contributed by atoms with Gasteiger partial charge in [0, 0.05) is 5.56 Å². The third kappa shape index (κ3) is 2.33. The minimum absolute atomic E-state index is 0.0533. The normalized spacial score (nSPS) is 14.6. The molecule has 0 saturated carbocycles. The molecule has 0 bridgehead atoms. The van der Waals surface area contributed by atoms with Gasteiger partial charge in [0.25, 0.3) is 0 Å². The zero-order valence-corrected chi connectivity index (χ0v) is 11.7. The van der Waals surface area contributed by atoms with Gasteiger partial charge >= 0.3 is 5.97 Å². The van der Waals surface area contributed by atoms with Gasteiger partial charge in [-0.15, -0.1) is 0 Å². The average Bonchev–Trinajstić information content (AvgIpc) is 2.84. The van der Waals surface area contributed by atoms with Gasteiger partial charge in [-0.1, -0.05) is 18.2 Å². The molecule has 0 amide bonds. The molecule has 0 aliphatic carbocycles. The maximum absolute atomic E-state index is 12.3. The molecule has 1 aliphatic rings. The molecule has 22 heavy (non-hydrogen) atoms. The van der Waals surface area contributed by atoms with E-state index in [4.69, 9.17) is 4.74 Å². The maximum atomic E-state index is 12.3. The molecule has 2 aromatic carbocycles. The second kappa shape index (κ2) is 5.37. The number of para-hydroxylation sites is 1. The summed E-state index contributed by atoms with van der Waals surface area (Å²) in [5, 5.41) is 9.75. The minimum Gasteiger partial charge on any atom is -0.507 e. The molecular weight excluding hydrogens is 284 g/mol. The first kappa shape index (κ1) is 13.9. The van der Waals surface area contributed by atoms with E-state index in [0.717, 1.165) is 0 Å². The number of methoxy groups -OCH3 is 1. The predicted octanol–water partition coefficient (Wildman–Crippen LogP) is 2.80. The molecule has 5 nitrogen and oxygen atoms in total. The third-order valence-electron chi connectivity index (χ3n) is 3.31. The minimum atomic E-state index is -0.520. The van der Waals surface area contributed by atoms with E-state index < -0.39 is 5.97 Å². The molecule has 110 valence electrons. The lowest BCUT2D eigenvalue weighted by Gasteiger charge is -2.01. The van der Waals surface area contributed by atoms with E-state index in [0.29, 0.717) is 16.9 Å². The Labute approximate surface area is 126 Å². The highest BCUT2D eigenvalue weighted by molar-refractivity contribution is 6.15. The number of ether oxygens (including phenoxy) is 2. The number of phenols is 1.